The highest BCUT2D eigenvalue weighted by Crippen LogP contribution is 2.22. The minimum atomic E-state index is -1.04. The number of amides is 1. The van der Waals surface area contributed by atoms with E-state index < -0.39 is 5.97 Å². The molecule has 1 amide bonds. The molecule has 4 N–H and O–H groups in total. The molecule has 0 fully saturated rings. The summed E-state index contributed by atoms with van der Waals surface area (Å²) < 4.78 is 0.488. The highest BCUT2D eigenvalue weighted by Gasteiger charge is 2.12. The van der Waals surface area contributed by atoms with E-state index >= 15 is 0 Å². The summed E-state index contributed by atoms with van der Waals surface area (Å²) in [5, 5.41) is 11.8. The number of carboxylic acids is 1. The lowest BCUT2D eigenvalue weighted by atomic mass is 9.96. The Morgan fingerprint density at radius 3 is 2.67 bits per heavy atom. The largest absolute Gasteiger partial charge is 0.478 e. The molecule has 0 bridgehead atoms. The molecule has 1 unspecified atom stereocenters. The molecule has 0 saturated carbocycles. The van der Waals surface area contributed by atoms with Crippen LogP contribution in [0, 0.1) is 5.92 Å². The van der Waals surface area contributed by atoms with E-state index in [-0.39, 0.29) is 11.5 Å². The molecule has 5 nitrogen and oxygen atoms in total. The Bertz CT molecular complexity index is 506. The first kappa shape index (κ1) is 17.7. The minimum Gasteiger partial charge on any atom is -0.478 e. The fourth-order valence-corrected chi connectivity index (χ4v) is 2.53. The first-order chi connectivity index (χ1) is 9.97. The van der Waals surface area contributed by atoms with Crippen molar-refractivity contribution in [2.75, 3.05) is 11.9 Å². The molecule has 0 saturated heterocycles. The summed E-state index contributed by atoms with van der Waals surface area (Å²) in [6, 6.07) is 4.73. The second-order valence-corrected chi connectivity index (χ2v) is 5.79. The molecule has 1 aromatic carbocycles. The molecule has 21 heavy (non-hydrogen) atoms. The monoisotopic (exact) mass is 356 g/mol. The van der Waals surface area contributed by atoms with Crippen LogP contribution in [0.1, 0.15) is 43.0 Å². The average Bonchev–Trinajstić information content (AvgIpc) is 2.45. The van der Waals surface area contributed by atoms with Crippen LogP contribution in [-0.2, 0) is 4.79 Å². The maximum Gasteiger partial charge on any atom is 0.336 e. The van der Waals surface area contributed by atoms with Gasteiger partial charge in [0.05, 0.1) is 5.56 Å². The van der Waals surface area contributed by atoms with E-state index in [2.05, 4.69) is 28.2 Å². The van der Waals surface area contributed by atoms with Crippen molar-refractivity contribution >= 4 is 33.5 Å². The predicted octanol–water partition coefficient (Wildman–Crippen LogP) is 3.24. The van der Waals surface area contributed by atoms with Gasteiger partial charge in [0, 0.05) is 16.6 Å². The minimum absolute atomic E-state index is 0.107. The fraction of sp³-hybridized carbons (Fsp3) is 0.467. The predicted molar refractivity (Wildman–Crippen MR) is 86.4 cm³/mol. The fourth-order valence-electron chi connectivity index (χ4n) is 2.11. The first-order valence-corrected chi connectivity index (χ1v) is 7.80. The number of carbonyl (C=O) groups excluding carboxylic acids is 1. The van der Waals surface area contributed by atoms with Crippen molar-refractivity contribution in [1.82, 2.24) is 0 Å². The zero-order chi connectivity index (χ0) is 15.8. The van der Waals surface area contributed by atoms with Crippen LogP contribution in [-0.4, -0.2) is 23.5 Å². The van der Waals surface area contributed by atoms with Gasteiger partial charge in [0.1, 0.15) is 0 Å². The number of aromatic carboxylic acids is 1. The lowest BCUT2D eigenvalue weighted by Gasteiger charge is -2.13. The first-order valence-electron chi connectivity index (χ1n) is 7.00. The molecule has 0 radical (unpaired) electrons. The summed E-state index contributed by atoms with van der Waals surface area (Å²) in [5.74, 6) is -0.684. The number of benzene rings is 1. The van der Waals surface area contributed by atoms with Crippen LogP contribution in [0.15, 0.2) is 22.7 Å². The second-order valence-electron chi connectivity index (χ2n) is 4.94. The highest BCUT2D eigenvalue weighted by molar-refractivity contribution is 9.10. The molecule has 0 aromatic heterocycles. The molecular weight excluding hydrogens is 336 g/mol. The van der Waals surface area contributed by atoms with E-state index in [4.69, 9.17) is 10.8 Å². The van der Waals surface area contributed by atoms with Gasteiger partial charge in [0.2, 0.25) is 5.91 Å². The van der Waals surface area contributed by atoms with E-state index in [0.29, 0.717) is 29.0 Å². The second kappa shape index (κ2) is 8.79. The Hall–Kier alpha value is -1.40. The van der Waals surface area contributed by atoms with Crippen molar-refractivity contribution in [1.29, 1.82) is 0 Å². The zero-order valence-corrected chi connectivity index (χ0v) is 13.6. The van der Waals surface area contributed by atoms with Gasteiger partial charge in [-0.25, -0.2) is 4.79 Å². The van der Waals surface area contributed by atoms with Crippen LogP contribution in [0.3, 0.4) is 0 Å². The number of hydrogen-bond donors (Lipinski definition) is 3. The van der Waals surface area contributed by atoms with E-state index in [9.17, 15) is 9.59 Å². The van der Waals surface area contributed by atoms with E-state index in [1.165, 1.54) is 6.07 Å². The number of carbonyl (C=O) groups is 2. The molecule has 1 rings (SSSR count). The van der Waals surface area contributed by atoms with Crippen molar-refractivity contribution in [3.8, 4) is 0 Å². The molecule has 1 atom stereocenters. The van der Waals surface area contributed by atoms with Gasteiger partial charge in [0.15, 0.2) is 0 Å². The molecular formula is C15H21BrN2O3. The SMILES string of the molecule is CCC(CCN)CCC(=O)Nc1ccc(Br)c(C(=O)O)c1. The number of hydrogen-bond acceptors (Lipinski definition) is 3. The van der Waals surface area contributed by atoms with Crippen molar-refractivity contribution in [3.05, 3.63) is 28.2 Å². The normalized spacial score (nSPS) is 12.0. The van der Waals surface area contributed by atoms with Gasteiger partial charge in [0.25, 0.3) is 0 Å². The van der Waals surface area contributed by atoms with Crippen LogP contribution < -0.4 is 11.1 Å². The van der Waals surface area contributed by atoms with Gasteiger partial charge in [-0.05, 0) is 59.4 Å². The van der Waals surface area contributed by atoms with Gasteiger partial charge in [-0.1, -0.05) is 13.3 Å². The number of halogens is 1. The number of carboxylic acid groups (broad SMARTS) is 1. The smallest absolute Gasteiger partial charge is 0.336 e. The lowest BCUT2D eigenvalue weighted by molar-refractivity contribution is -0.116. The van der Waals surface area contributed by atoms with Gasteiger partial charge in [-0.3, -0.25) is 4.79 Å². The molecule has 1 aromatic rings. The van der Waals surface area contributed by atoms with Crippen molar-refractivity contribution < 1.29 is 14.7 Å². The maximum absolute atomic E-state index is 11.9. The third-order valence-corrected chi connectivity index (χ3v) is 4.10. The summed E-state index contributed by atoms with van der Waals surface area (Å²) in [5.41, 5.74) is 6.15. The van der Waals surface area contributed by atoms with Crippen LogP contribution >= 0.6 is 15.9 Å². The molecule has 0 spiro atoms. The Morgan fingerprint density at radius 1 is 1.38 bits per heavy atom. The average molecular weight is 357 g/mol. The quantitative estimate of drug-likeness (QED) is 0.666. The molecule has 116 valence electrons. The number of anilines is 1. The van der Waals surface area contributed by atoms with Gasteiger partial charge < -0.3 is 16.2 Å². The van der Waals surface area contributed by atoms with E-state index in [0.717, 1.165) is 19.3 Å². The molecule has 0 aliphatic heterocycles. The van der Waals surface area contributed by atoms with Crippen molar-refractivity contribution in [3.63, 3.8) is 0 Å². The van der Waals surface area contributed by atoms with E-state index in [1.54, 1.807) is 12.1 Å². The topological polar surface area (TPSA) is 92.4 Å². The third-order valence-electron chi connectivity index (χ3n) is 3.41. The Morgan fingerprint density at radius 2 is 2.10 bits per heavy atom. The van der Waals surface area contributed by atoms with Gasteiger partial charge >= 0.3 is 5.97 Å². The summed E-state index contributed by atoms with van der Waals surface area (Å²) in [7, 11) is 0. The zero-order valence-electron chi connectivity index (χ0n) is 12.1. The summed E-state index contributed by atoms with van der Waals surface area (Å²) in [6.45, 7) is 2.72. The third kappa shape index (κ3) is 5.85. The maximum atomic E-state index is 11.9. The number of nitrogens with one attached hydrogen (secondary N) is 1. The number of nitrogens with two attached hydrogens (primary N) is 1. The van der Waals surface area contributed by atoms with E-state index in [1.807, 2.05) is 0 Å². The Balaban J connectivity index is 2.59. The van der Waals surface area contributed by atoms with Crippen LogP contribution in [0.5, 0.6) is 0 Å². The summed E-state index contributed by atoms with van der Waals surface area (Å²) in [4.78, 5) is 22.9. The molecule has 6 heteroatoms. The van der Waals surface area contributed by atoms with Crippen LogP contribution in [0.2, 0.25) is 0 Å². The molecule has 0 aliphatic carbocycles. The lowest BCUT2D eigenvalue weighted by Crippen LogP contribution is -2.15. The van der Waals surface area contributed by atoms with Gasteiger partial charge in [-0.15, -0.1) is 0 Å². The van der Waals surface area contributed by atoms with Crippen molar-refractivity contribution in [2.45, 2.75) is 32.6 Å². The highest BCUT2D eigenvalue weighted by atomic mass is 79.9. The van der Waals surface area contributed by atoms with Crippen LogP contribution in [0.4, 0.5) is 5.69 Å². The van der Waals surface area contributed by atoms with Crippen molar-refractivity contribution in [2.24, 2.45) is 11.7 Å². The van der Waals surface area contributed by atoms with Gasteiger partial charge in [-0.2, -0.15) is 0 Å². The number of rotatable bonds is 8. The standard InChI is InChI=1S/C15H21BrN2O3/c1-2-10(7-8-17)3-6-14(19)18-11-4-5-13(16)12(9-11)15(20)21/h4-5,9-10H,2-3,6-8,17H2,1H3,(H,18,19)(H,20,21). The Labute approximate surface area is 133 Å². The summed E-state index contributed by atoms with van der Waals surface area (Å²) >= 11 is 3.17. The van der Waals surface area contributed by atoms with Crippen LogP contribution in [0.25, 0.3) is 0 Å². The molecule has 0 aliphatic rings. The Kier molecular flexibility index (Phi) is 7.39. The summed E-state index contributed by atoms with van der Waals surface area (Å²) in [6.07, 6.45) is 3.13. The molecule has 0 heterocycles.